The van der Waals surface area contributed by atoms with Gasteiger partial charge < -0.3 is 10.1 Å². The van der Waals surface area contributed by atoms with Crippen LogP contribution in [0, 0.1) is 5.92 Å². The minimum atomic E-state index is -0.527. The summed E-state index contributed by atoms with van der Waals surface area (Å²) in [4.78, 5) is 34.5. The Kier molecular flexibility index (Phi) is 7.80. The van der Waals surface area contributed by atoms with E-state index in [0.29, 0.717) is 30.2 Å². The third-order valence-electron chi connectivity index (χ3n) is 3.13. The number of hydrogen-bond acceptors (Lipinski definition) is 4. The monoisotopic (exact) mass is 320 g/mol. The molecule has 126 valence electrons. The van der Waals surface area contributed by atoms with E-state index in [1.54, 1.807) is 31.2 Å². The Morgan fingerprint density at radius 3 is 2.35 bits per heavy atom. The van der Waals surface area contributed by atoms with Crippen LogP contribution in [0.5, 0.6) is 5.75 Å². The normalized spacial score (nSPS) is 10.3. The molecule has 0 atom stereocenters. The minimum absolute atomic E-state index is 0.0485. The molecule has 0 saturated heterocycles. The number of hydrogen-bond donors (Lipinski definition) is 2. The Hall–Kier alpha value is -2.37. The van der Waals surface area contributed by atoms with Gasteiger partial charge in [0.05, 0.1) is 0 Å². The lowest BCUT2D eigenvalue weighted by atomic mass is 10.1. The molecule has 6 nitrogen and oxygen atoms in total. The SMILES string of the molecule is CCC(=O)c1ccc(OCC(=O)NC(=O)NCCC(C)C)cc1. The van der Waals surface area contributed by atoms with Crippen LogP contribution in [0.4, 0.5) is 4.79 Å². The van der Waals surface area contributed by atoms with Crippen LogP contribution in [0.3, 0.4) is 0 Å². The number of ether oxygens (including phenoxy) is 1. The van der Waals surface area contributed by atoms with E-state index in [9.17, 15) is 14.4 Å². The highest BCUT2D eigenvalue weighted by Crippen LogP contribution is 2.13. The topological polar surface area (TPSA) is 84.5 Å². The summed E-state index contributed by atoms with van der Waals surface area (Å²) in [6, 6.07) is 6.02. The lowest BCUT2D eigenvalue weighted by Gasteiger charge is -2.09. The molecule has 0 aromatic heterocycles. The highest BCUT2D eigenvalue weighted by Gasteiger charge is 2.09. The zero-order chi connectivity index (χ0) is 17.2. The van der Waals surface area contributed by atoms with Crippen LogP contribution in [0.25, 0.3) is 0 Å². The number of amides is 3. The van der Waals surface area contributed by atoms with Crippen molar-refractivity contribution in [3.05, 3.63) is 29.8 Å². The Bertz CT molecular complexity index is 538. The summed E-state index contributed by atoms with van der Waals surface area (Å²) in [5.41, 5.74) is 0.605. The number of carbonyl (C=O) groups excluding carboxylic acids is 3. The zero-order valence-electron chi connectivity index (χ0n) is 13.8. The van der Waals surface area contributed by atoms with Gasteiger partial charge in [-0.05, 0) is 36.6 Å². The van der Waals surface area contributed by atoms with E-state index < -0.39 is 11.9 Å². The van der Waals surface area contributed by atoms with Crippen LogP contribution in [0.15, 0.2) is 24.3 Å². The first-order valence-corrected chi connectivity index (χ1v) is 7.76. The van der Waals surface area contributed by atoms with E-state index in [4.69, 9.17) is 4.74 Å². The summed E-state index contributed by atoms with van der Waals surface area (Å²) < 4.78 is 5.28. The summed E-state index contributed by atoms with van der Waals surface area (Å²) >= 11 is 0. The molecule has 1 aromatic rings. The lowest BCUT2D eigenvalue weighted by Crippen LogP contribution is -2.42. The quantitative estimate of drug-likeness (QED) is 0.721. The third-order valence-corrected chi connectivity index (χ3v) is 3.13. The van der Waals surface area contributed by atoms with Crippen molar-refractivity contribution in [1.82, 2.24) is 10.6 Å². The largest absolute Gasteiger partial charge is 0.484 e. The number of carbonyl (C=O) groups is 3. The standard InChI is InChI=1S/C17H24N2O4/c1-4-15(20)13-5-7-14(8-6-13)23-11-16(21)19-17(22)18-10-9-12(2)3/h5-8,12H,4,9-11H2,1-3H3,(H2,18,19,21,22). The van der Waals surface area contributed by atoms with Crippen LogP contribution in [-0.4, -0.2) is 30.9 Å². The first-order chi connectivity index (χ1) is 10.9. The molecule has 1 aromatic carbocycles. The van der Waals surface area contributed by atoms with Gasteiger partial charge >= 0.3 is 6.03 Å². The average Bonchev–Trinajstić information content (AvgIpc) is 2.52. The summed E-state index contributed by atoms with van der Waals surface area (Å²) in [6.07, 6.45) is 1.29. The Labute approximate surface area is 136 Å². The van der Waals surface area contributed by atoms with Gasteiger partial charge in [0.15, 0.2) is 12.4 Å². The van der Waals surface area contributed by atoms with Gasteiger partial charge in [0, 0.05) is 18.5 Å². The minimum Gasteiger partial charge on any atom is -0.484 e. The molecular weight excluding hydrogens is 296 g/mol. The molecule has 0 unspecified atom stereocenters. The summed E-state index contributed by atoms with van der Waals surface area (Å²) in [6.45, 7) is 6.16. The van der Waals surface area contributed by atoms with E-state index in [0.717, 1.165) is 6.42 Å². The molecule has 0 radical (unpaired) electrons. The fourth-order valence-corrected chi connectivity index (χ4v) is 1.77. The summed E-state index contributed by atoms with van der Waals surface area (Å²) in [7, 11) is 0. The smallest absolute Gasteiger partial charge is 0.321 e. The first kappa shape index (κ1) is 18.7. The molecule has 3 amide bonds. The molecule has 0 aliphatic rings. The van der Waals surface area contributed by atoms with Crippen LogP contribution in [0.1, 0.15) is 44.0 Å². The third kappa shape index (κ3) is 7.44. The molecule has 0 saturated carbocycles. The predicted molar refractivity (Wildman–Crippen MR) is 87.6 cm³/mol. The van der Waals surface area contributed by atoms with Crippen molar-refractivity contribution in [1.29, 1.82) is 0 Å². The number of ketones is 1. The first-order valence-electron chi connectivity index (χ1n) is 7.76. The maximum absolute atomic E-state index is 11.6. The zero-order valence-corrected chi connectivity index (χ0v) is 13.8. The maximum Gasteiger partial charge on any atom is 0.321 e. The molecule has 2 N–H and O–H groups in total. The summed E-state index contributed by atoms with van der Waals surface area (Å²) in [5.74, 6) is 0.470. The number of nitrogens with one attached hydrogen (secondary N) is 2. The van der Waals surface area contributed by atoms with E-state index in [1.807, 2.05) is 0 Å². The maximum atomic E-state index is 11.6. The molecule has 0 aliphatic heterocycles. The Morgan fingerprint density at radius 1 is 1.13 bits per heavy atom. The number of benzene rings is 1. The molecule has 0 spiro atoms. The van der Waals surface area contributed by atoms with Gasteiger partial charge in [-0.25, -0.2) is 4.79 Å². The molecule has 0 bridgehead atoms. The van der Waals surface area contributed by atoms with Gasteiger partial charge in [-0.2, -0.15) is 0 Å². The summed E-state index contributed by atoms with van der Waals surface area (Å²) in [5, 5.41) is 4.80. The fraction of sp³-hybridized carbons (Fsp3) is 0.471. The van der Waals surface area contributed by atoms with Gasteiger partial charge in [0.1, 0.15) is 5.75 Å². The van der Waals surface area contributed by atoms with Crippen LogP contribution in [-0.2, 0) is 4.79 Å². The van der Waals surface area contributed by atoms with Crippen molar-refractivity contribution in [2.45, 2.75) is 33.6 Å². The van der Waals surface area contributed by atoms with E-state index in [1.165, 1.54) is 0 Å². The van der Waals surface area contributed by atoms with Gasteiger partial charge in [-0.3, -0.25) is 14.9 Å². The molecular formula is C17H24N2O4. The second-order valence-corrected chi connectivity index (χ2v) is 5.58. The average molecular weight is 320 g/mol. The van der Waals surface area contributed by atoms with Gasteiger partial charge in [-0.1, -0.05) is 20.8 Å². The van der Waals surface area contributed by atoms with Crippen molar-refractivity contribution in [2.24, 2.45) is 5.92 Å². The molecule has 0 aliphatic carbocycles. The second kappa shape index (κ2) is 9.61. The fourth-order valence-electron chi connectivity index (χ4n) is 1.77. The number of Topliss-reactive ketones (excluding diaryl/α,β-unsaturated/α-hetero) is 1. The number of urea groups is 1. The number of imide groups is 1. The molecule has 23 heavy (non-hydrogen) atoms. The van der Waals surface area contributed by atoms with E-state index in [-0.39, 0.29) is 12.4 Å². The van der Waals surface area contributed by atoms with Gasteiger partial charge in [0.2, 0.25) is 0 Å². The van der Waals surface area contributed by atoms with Gasteiger partial charge in [-0.15, -0.1) is 0 Å². The predicted octanol–water partition coefficient (Wildman–Crippen LogP) is 2.53. The number of rotatable bonds is 8. The lowest BCUT2D eigenvalue weighted by molar-refractivity contribution is -0.122. The van der Waals surface area contributed by atoms with E-state index in [2.05, 4.69) is 24.5 Å². The van der Waals surface area contributed by atoms with Crippen molar-refractivity contribution < 1.29 is 19.1 Å². The van der Waals surface area contributed by atoms with Crippen LogP contribution >= 0.6 is 0 Å². The Balaban J connectivity index is 2.32. The molecule has 0 heterocycles. The highest BCUT2D eigenvalue weighted by molar-refractivity contribution is 5.96. The van der Waals surface area contributed by atoms with Crippen molar-refractivity contribution in [2.75, 3.05) is 13.2 Å². The van der Waals surface area contributed by atoms with Crippen LogP contribution < -0.4 is 15.4 Å². The highest BCUT2D eigenvalue weighted by atomic mass is 16.5. The van der Waals surface area contributed by atoms with Crippen molar-refractivity contribution >= 4 is 17.7 Å². The van der Waals surface area contributed by atoms with Gasteiger partial charge in [0.25, 0.3) is 5.91 Å². The molecule has 6 heteroatoms. The van der Waals surface area contributed by atoms with Crippen molar-refractivity contribution in [3.63, 3.8) is 0 Å². The van der Waals surface area contributed by atoms with E-state index >= 15 is 0 Å². The Morgan fingerprint density at radius 2 is 1.78 bits per heavy atom. The molecule has 1 rings (SSSR count). The second-order valence-electron chi connectivity index (χ2n) is 5.58. The molecule has 0 fully saturated rings. The van der Waals surface area contributed by atoms with Crippen LogP contribution in [0.2, 0.25) is 0 Å². The van der Waals surface area contributed by atoms with Crippen molar-refractivity contribution in [3.8, 4) is 5.75 Å².